The summed E-state index contributed by atoms with van der Waals surface area (Å²) in [6.45, 7) is 1.48. The normalized spacial score (nSPS) is 11.1. The Bertz CT molecular complexity index is 885. The molecular formula is C16H18N6O5. The number of oxime groups is 1. The highest BCUT2D eigenvalue weighted by atomic mass is 16.6. The minimum absolute atomic E-state index is 0.0139. The summed E-state index contributed by atoms with van der Waals surface area (Å²) < 4.78 is 5.07. The van der Waals surface area contributed by atoms with Crippen molar-refractivity contribution >= 4 is 29.0 Å². The molecule has 0 spiro atoms. The smallest absolute Gasteiger partial charge is 0.334 e. The van der Waals surface area contributed by atoms with E-state index < -0.39 is 22.5 Å². The number of nitrogens with two attached hydrogens (primary N) is 2. The number of carbonyl (C=O) groups excluding carboxylic acids is 1. The quantitative estimate of drug-likeness (QED) is 0.139. The van der Waals surface area contributed by atoms with Gasteiger partial charge in [-0.3, -0.25) is 14.9 Å². The maximum absolute atomic E-state index is 12.3. The molecule has 27 heavy (non-hydrogen) atoms. The third-order valence-corrected chi connectivity index (χ3v) is 3.62. The van der Waals surface area contributed by atoms with E-state index in [1.165, 1.54) is 0 Å². The van der Waals surface area contributed by atoms with Gasteiger partial charge in [-0.15, -0.1) is 0 Å². The molecule has 0 aliphatic rings. The van der Waals surface area contributed by atoms with Gasteiger partial charge in [0.25, 0.3) is 0 Å². The molecule has 0 amide bonds. The van der Waals surface area contributed by atoms with Gasteiger partial charge < -0.3 is 26.7 Å². The number of nitrogen functional groups attached to an aromatic ring is 1. The minimum Gasteiger partial charge on any atom is -0.407 e. The molecule has 0 unspecified atom stereocenters. The van der Waals surface area contributed by atoms with Gasteiger partial charge >= 0.3 is 11.7 Å². The second-order valence-corrected chi connectivity index (χ2v) is 5.30. The van der Waals surface area contributed by atoms with Crippen molar-refractivity contribution in [2.24, 2.45) is 10.9 Å². The van der Waals surface area contributed by atoms with Crippen molar-refractivity contribution in [3.05, 3.63) is 51.6 Å². The van der Waals surface area contributed by atoms with Gasteiger partial charge in [0.15, 0.2) is 5.78 Å². The predicted octanol–water partition coefficient (Wildman–Crippen LogP) is 1.51. The van der Waals surface area contributed by atoms with Crippen LogP contribution in [0.5, 0.6) is 5.88 Å². The average molecular weight is 374 g/mol. The summed E-state index contributed by atoms with van der Waals surface area (Å²) in [7, 11) is 0. The number of carbonyl (C=O) groups is 1. The van der Waals surface area contributed by atoms with Crippen LogP contribution in [-0.4, -0.2) is 33.5 Å². The SMILES string of the molecule is CCc1c(OC(N)=NO)nc(N)c([N+](=O)[O-])c1NCC(=O)c1ccccc1. The fourth-order valence-corrected chi connectivity index (χ4v) is 2.41. The lowest BCUT2D eigenvalue weighted by atomic mass is 10.1. The molecule has 0 fully saturated rings. The van der Waals surface area contributed by atoms with E-state index in [-0.39, 0.29) is 35.9 Å². The van der Waals surface area contributed by atoms with E-state index in [0.717, 1.165) is 0 Å². The number of nitrogens with one attached hydrogen (secondary N) is 1. The van der Waals surface area contributed by atoms with Gasteiger partial charge in [0, 0.05) is 11.1 Å². The highest BCUT2D eigenvalue weighted by Crippen LogP contribution is 2.38. The second-order valence-electron chi connectivity index (χ2n) is 5.30. The largest absolute Gasteiger partial charge is 0.407 e. The number of anilines is 2. The molecule has 2 rings (SSSR count). The first-order valence-electron chi connectivity index (χ1n) is 7.83. The zero-order valence-electron chi connectivity index (χ0n) is 14.4. The van der Waals surface area contributed by atoms with Crippen LogP contribution < -0.4 is 21.5 Å². The van der Waals surface area contributed by atoms with Crippen molar-refractivity contribution in [3.63, 3.8) is 0 Å². The Balaban J connectivity index is 2.44. The first kappa shape index (κ1) is 19.4. The van der Waals surface area contributed by atoms with Crippen molar-refractivity contribution in [3.8, 4) is 5.88 Å². The van der Waals surface area contributed by atoms with Crippen LogP contribution in [0.15, 0.2) is 35.5 Å². The first-order valence-corrected chi connectivity index (χ1v) is 7.83. The summed E-state index contributed by atoms with van der Waals surface area (Å²) >= 11 is 0. The lowest BCUT2D eigenvalue weighted by Crippen LogP contribution is -2.22. The highest BCUT2D eigenvalue weighted by molar-refractivity contribution is 5.99. The molecule has 1 aromatic heterocycles. The molecule has 11 nitrogen and oxygen atoms in total. The molecule has 0 saturated carbocycles. The third-order valence-electron chi connectivity index (χ3n) is 3.62. The summed E-state index contributed by atoms with van der Waals surface area (Å²) in [5.74, 6) is -0.876. The molecule has 1 heterocycles. The van der Waals surface area contributed by atoms with Crippen molar-refractivity contribution in [1.29, 1.82) is 0 Å². The van der Waals surface area contributed by atoms with Crippen molar-refractivity contribution in [1.82, 2.24) is 4.98 Å². The fraction of sp³-hybridized carbons (Fsp3) is 0.188. The number of hydrogen-bond acceptors (Lipinski definition) is 9. The van der Waals surface area contributed by atoms with Crippen molar-refractivity contribution in [2.45, 2.75) is 13.3 Å². The number of ether oxygens (including phenoxy) is 1. The number of amidine groups is 1. The van der Waals surface area contributed by atoms with Gasteiger partial charge in [0.2, 0.25) is 11.7 Å². The molecule has 0 bridgehead atoms. The molecule has 142 valence electrons. The summed E-state index contributed by atoms with van der Waals surface area (Å²) in [6, 6.07) is 7.84. The number of pyridine rings is 1. The van der Waals surface area contributed by atoms with E-state index in [0.29, 0.717) is 5.56 Å². The average Bonchev–Trinajstić information content (AvgIpc) is 2.66. The Kier molecular flexibility index (Phi) is 6.10. The van der Waals surface area contributed by atoms with Crippen molar-refractivity contribution < 1.29 is 19.7 Å². The summed E-state index contributed by atoms with van der Waals surface area (Å²) in [5.41, 5.74) is 11.2. The van der Waals surface area contributed by atoms with Gasteiger partial charge in [-0.2, -0.15) is 4.98 Å². The van der Waals surface area contributed by atoms with Crippen LogP contribution in [0.2, 0.25) is 0 Å². The van der Waals surface area contributed by atoms with Crippen molar-refractivity contribution in [2.75, 3.05) is 17.6 Å². The van der Waals surface area contributed by atoms with Crippen LogP contribution in [0.4, 0.5) is 17.2 Å². The minimum atomic E-state index is -0.704. The summed E-state index contributed by atoms with van der Waals surface area (Å²) in [5, 5.41) is 25.5. The van der Waals surface area contributed by atoms with Crippen LogP contribution in [-0.2, 0) is 6.42 Å². The monoisotopic (exact) mass is 374 g/mol. The Morgan fingerprint density at radius 3 is 2.63 bits per heavy atom. The topological polar surface area (TPSA) is 179 Å². The second kappa shape index (κ2) is 8.47. The number of benzene rings is 1. The van der Waals surface area contributed by atoms with Crippen LogP contribution >= 0.6 is 0 Å². The third kappa shape index (κ3) is 4.39. The number of nitro groups is 1. The molecule has 1 aromatic carbocycles. The van der Waals surface area contributed by atoms with E-state index in [2.05, 4.69) is 15.5 Å². The first-order chi connectivity index (χ1) is 12.9. The molecule has 0 aliphatic carbocycles. The van der Waals surface area contributed by atoms with Gasteiger partial charge in [0.05, 0.1) is 11.5 Å². The number of nitrogens with zero attached hydrogens (tertiary/aromatic N) is 3. The predicted molar refractivity (Wildman–Crippen MR) is 98.0 cm³/mol. The van der Waals surface area contributed by atoms with Crippen LogP contribution in [0.25, 0.3) is 0 Å². The zero-order chi connectivity index (χ0) is 20.0. The molecule has 0 radical (unpaired) electrons. The Morgan fingerprint density at radius 2 is 2.07 bits per heavy atom. The number of Topliss-reactive ketones (excluding diaryl/α,β-unsaturated/α-hetero) is 1. The number of hydrogen-bond donors (Lipinski definition) is 4. The standard InChI is InChI=1S/C16H18N6O5/c1-2-10-12(19-8-11(23)9-6-4-3-5-7-9)13(22(25)26)14(17)20-15(10)27-16(18)21-24/h3-7,24H,2,8H2,1H3,(H2,18,21)(H3,17,19,20). The lowest BCUT2D eigenvalue weighted by molar-refractivity contribution is -0.383. The summed E-state index contributed by atoms with van der Waals surface area (Å²) in [4.78, 5) is 26.9. The molecule has 0 saturated heterocycles. The van der Waals surface area contributed by atoms with E-state index in [1.54, 1.807) is 37.3 Å². The Morgan fingerprint density at radius 1 is 1.41 bits per heavy atom. The Labute approximate surface area is 153 Å². The molecule has 11 heteroatoms. The van der Waals surface area contributed by atoms with Gasteiger partial charge in [-0.25, -0.2) is 0 Å². The highest BCUT2D eigenvalue weighted by Gasteiger charge is 2.27. The lowest BCUT2D eigenvalue weighted by Gasteiger charge is -2.15. The van der Waals surface area contributed by atoms with E-state index in [9.17, 15) is 14.9 Å². The molecular weight excluding hydrogens is 356 g/mol. The zero-order valence-corrected chi connectivity index (χ0v) is 14.4. The maximum atomic E-state index is 12.3. The van der Waals surface area contributed by atoms with Gasteiger partial charge in [-0.1, -0.05) is 37.3 Å². The van der Waals surface area contributed by atoms with E-state index in [4.69, 9.17) is 21.4 Å². The van der Waals surface area contributed by atoms with Gasteiger partial charge in [0.1, 0.15) is 5.69 Å². The van der Waals surface area contributed by atoms with Gasteiger partial charge in [-0.05, 0) is 11.6 Å². The van der Waals surface area contributed by atoms with E-state index >= 15 is 0 Å². The molecule has 6 N–H and O–H groups in total. The number of ketones is 1. The summed E-state index contributed by atoms with van der Waals surface area (Å²) in [6.07, 6.45) is 0.240. The number of aromatic nitrogens is 1. The van der Waals surface area contributed by atoms with E-state index in [1.807, 2.05) is 0 Å². The molecule has 2 aromatic rings. The van der Waals surface area contributed by atoms with Crippen LogP contribution in [0, 0.1) is 10.1 Å². The maximum Gasteiger partial charge on any atom is 0.334 e. The number of rotatable bonds is 7. The molecule has 0 atom stereocenters. The fourth-order valence-electron chi connectivity index (χ4n) is 2.41. The van der Waals surface area contributed by atoms with Crippen LogP contribution in [0.1, 0.15) is 22.8 Å². The Hall–Kier alpha value is -3.89. The van der Waals surface area contributed by atoms with Crippen LogP contribution in [0.3, 0.4) is 0 Å². The molecule has 0 aliphatic heterocycles.